The van der Waals surface area contributed by atoms with Gasteiger partial charge in [0, 0.05) is 18.8 Å². The van der Waals surface area contributed by atoms with Crippen LogP contribution in [0, 0.1) is 0 Å². The largest absolute Gasteiger partial charge is 0.495 e. The van der Waals surface area contributed by atoms with Gasteiger partial charge >= 0.3 is 5.69 Å². The van der Waals surface area contributed by atoms with Crippen molar-refractivity contribution in [3.8, 4) is 5.75 Å². The van der Waals surface area contributed by atoms with Crippen LogP contribution in [0.15, 0.2) is 15.8 Å². The van der Waals surface area contributed by atoms with Crippen LogP contribution in [0.25, 0.3) is 11.0 Å². The average molecular weight is 292 g/mol. The Balaban J connectivity index is 3.01. The van der Waals surface area contributed by atoms with Crippen LogP contribution in [0.1, 0.15) is 12.5 Å². The van der Waals surface area contributed by atoms with Crippen molar-refractivity contribution in [2.75, 3.05) is 7.11 Å². The molecule has 0 radical (unpaired) electrons. The molecule has 0 atom stereocenters. The maximum atomic E-state index is 12.5. The molecule has 2 aromatic rings. The summed E-state index contributed by atoms with van der Waals surface area (Å²) in [5.74, 6) is -0.409. The summed E-state index contributed by atoms with van der Waals surface area (Å²) in [6, 6.07) is 0. The van der Waals surface area contributed by atoms with Gasteiger partial charge in [-0.2, -0.15) is 0 Å². The second-order valence-corrected chi connectivity index (χ2v) is 4.57. The summed E-state index contributed by atoms with van der Waals surface area (Å²) in [4.78, 5) is 39.9. The SMILES string of the molecule is CCc1cnc2c(c1OC)c(=O)n(CC(N)=O)c(=O)n2C. The molecule has 2 N–H and O–H groups in total. The maximum absolute atomic E-state index is 12.5. The fourth-order valence-corrected chi connectivity index (χ4v) is 2.25. The highest BCUT2D eigenvalue weighted by Gasteiger charge is 2.19. The summed E-state index contributed by atoms with van der Waals surface area (Å²) < 4.78 is 7.28. The Bertz CT molecular complexity index is 835. The van der Waals surface area contributed by atoms with Crippen LogP contribution in [0.2, 0.25) is 0 Å². The van der Waals surface area contributed by atoms with Crippen LogP contribution in [0.4, 0.5) is 0 Å². The van der Waals surface area contributed by atoms with Crippen LogP contribution in [0.3, 0.4) is 0 Å². The number of rotatable bonds is 4. The molecule has 0 fully saturated rings. The Morgan fingerprint density at radius 2 is 2.10 bits per heavy atom. The number of methoxy groups -OCH3 is 1. The second-order valence-electron chi connectivity index (χ2n) is 4.57. The summed E-state index contributed by atoms with van der Waals surface area (Å²) in [5, 5.41) is 0.167. The van der Waals surface area contributed by atoms with E-state index < -0.39 is 23.7 Å². The molecule has 8 heteroatoms. The molecule has 0 aromatic carbocycles. The molecule has 0 bridgehead atoms. The Hall–Kier alpha value is -2.64. The van der Waals surface area contributed by atoms with Gasteiger partial charge in [-0.3, -0.25) is 14.2 Å². The Morgan fingerprint density at radius 1 is 1.43 bits per heavy atom. The number of hydrogen-bond acceptors (Lipinski definition) is 5. The fraction of sp³-hybridized carbons (Fsp3) is 0.385. The molecule has 112 valence electrons. The van der Waals surface area contributed by atoms with Crippen molar-refractivity contribution in [3.05, 3.63) is 32.6 Å². The van der Waals surface area contributed by atoms with Crippen LogP contribution >= 0.6 is 0 Å². The topological polar surface area (TPSA) is 109 Å². The molecule has 0 saturated heterocycles. The standard InChI is InChI=1S/C13H16N4O4/c1-4-7-5-15-11-9(10(7)21-3)12(19)17(6-8(14)18)13(20)16(11)2/h5H,4,6H2,1-3H3,(H2,14,18). The molecule has 2 heterocycles. The third kappa shape index (κ3) is 2.28. The van der Waals surface area contributed by atoms with Gasteiger partial charge in [-0.1, -0.05) is 6.92 Å². The molecule has 2 aromatic heterocycles. The zero-order valence-electron chi connectivity index (χ0n) is 12.0. The van der Waals surface area contributed by atoms with Gasteiger partial charge < -0.3 is 10.5 Å². The predicted molar refractivity (Wildman–Crippen MR) is 76.4 cm³/mol. The van der Waals surface area contributed by atoms with E-state index in [0.29, 0.717) is 12.2 Å². The van der Waals surface area contributed by atoms with Gasteiger partial charge in [-0.25, -0.2) is 14.3 Å². The number of fused-ring (bicyclic) bond motifs is 1. The molecular weight excluding hydrogens is 276 g/mol. The van der Waals surface area contributed by atoms with E-state index in [0.717, 1.165) is 10.1 Å². The van der Waals surface area contributed by atoms with Gasteiger partial charge in [0.15, 0.2) is 5.65 Å². The molecule has 8 nitrogen and oxygen atoms in total. The molecule has 21 heavy (non-hydrogen) atoms. The van der Waals surface area contributed by atoms with Gasteiger partial charge in [-0.15, -0.1) is 0 Å². The smallest absolute Gasteiger partial charge is 0.332 e. The van der Waals surface area contributed by atoms with Gasteiger partial charge in [0.25, 0.3) is 5.56 Å². The minimum absolute atomic E-state index is 0.167. The van der Waals surface area contributed by atoms with Crippen molar-refractivity contribution >= 4 is 16.9 Å². The zero-order valence-corrected chi connectivity index (χ0v) is 12.0. The molecule has 0 aliphatic heterocycles. The third-order valence-corrected chi connectivity index (χ3v) is 3.28. The third-order valence-electron chi connectivity index (χ3n) is 3.28. The van der Waals surface area contributed by atoms with Crippen molar-refractivity contribution < 1.29 is 9.53 Å². The predicted octanol–water partition coefficient (Wildman–Crippen LogP) is -0.848. The maximum Gasteiger partial charge on any atom is 0.332 e. The van der Waals surface area contributed by atoms with Gasteiger partial charge in [-0.05, 0) is 6.42 Å². The lowest BCUT2D eigenvalue weighted by molar-refractivity contribution is -0.118. The highest BCUT2D eigenvalue weighted by atomic mass is 16.5. The number of primary amides is 1. The molecule has 0 aliphatic carbocycles. The van der Waals surface area contributed by atoms with Crippen molar-refractivity contribution in [2.45, 2.75) is 19.9 Å². The molecule has 2 rings (SSSR count). The van der Waals surface area contributed by atoms with Crippen molar-refractivity contribution in [2.24, 2.45) is 12.8 Å². The number of nitrogens with two attached hydrogens (primary N) is 1. The van der Waals surface area contributed by atoms with Gasteiger partial charge in [0.1, 0.15) is 17.7 Å². The van der Waals surface area contributed by atoms with Crippen LogP contribution in [-0.4, -0.2) is 27.1 Å². The summed E-state index contributed by atoms with van der Waals surface area (Å²) in [6.07, 6.45) is 2.18. The Labute approximate surface area is 119 Å². The van der Waals surface area contributed by atoms with Crippen LogP contribution in [-0.2, 0) is 24.8 Å². The Morgan fingerprint density at radius 3 is 2.62 bits per heavy atom. The summed E-state index contributed by atoms with van der Waals surface area (Å²) in [7, 11) is 2.91. The van der Waals surface area contributed by atoms with E-state index in [-0.39, 0.29) is 11.0 Å². The normalized spacial score (nSPS) is 10.8. The fourth-order valence-electron chi connectivity index (χ4n) is 2.25. The highest BCUT2D eigenvalue weighted by molar-refractivity contribution is 5.83. The zero-order chi connectivity index (χ0) is 15.7. The lowest BCUT2D eigenvalue weighted by Crippen LogP contribution is -2.42. The summed E-state index contributed by atoms with van der Waals surface area (Å²) in [6.45, 7) is 1.41. The summed E-state index contributed by atoms with van der Waals surface area (Å²) >= 11 is 0. The molecule has 1 amide bonds. The number of carbonyl (C=O) groups is 1. The number of aromatic nitrogens is 3. The van der Waals surface area contributed by atoms with E-state index in [1.54, 1.807) is 6.20 Å². The molecule has 0 unspecified atom stereocenters. The van der Waals surface area contributed by atoms with Crippen molar-refractivity contribution in [3.63, 3.8) is 0 Å². The molecule has 0 saturated carbocycles. The van der Waals surface area contributed by atoms with E-state index in [1.165, 1.54) is 18.7 Å². The van der Waals surface area contributed by atoms with Crippen LogP contribution in [0.5, 0.6) is 5.75 Å². The number of aryl methyl sites for hydroxylation is 2. The first-order valence-corrected chi connectivity index (χ1v) is 6.36. The van der Waals surface area contributed by atoms with Crippen LogP contribution < -0.4 is 21.7 Å². The second kappa shape index (κ2) is 5.39. The quantitative estimate of drug-likeness (QED) is 0.789. The Kier molecular flexibility index (Phi) is 3.79. The van der Waals surface area contributed by atoms with E-state index in [1.807, 2.05) is 6.92 Å². The molecule has 0 aliphatic rings. The first-order valence-electron chi connectivity index (χ1n) is 6.36. The first kappa shape index (κ1) is 14.8. The first-order chi connectivity index (χ1) is 9.92. The number of pyridine rings is 1. The molecular formula is C13H16N4O4. The van der Waals surface area contributed by atoms with Crippen molar-refractivity contribution in [1.82, 2.24) is 14.1 Å². The van der Waals surface area contributed by atoms with Crippen molar-refractivity contribution in [1.29, 1.82) is 0 Å². The molecule has 0 spiro atoms. The monoisotopic (exact) mass is 292 g/mol. The van der Waals surface area contributed by atoms with E-state index in [9.17, 15) is 14.4 Å². The average Bonchev–Trinajstić information content (AvgIpc) is 2.47. The summed E-state index contributed by atoms with van der Waals surface area (Å²) in [5.41, 5.74) is 4.76. The van der Waals surface area contributed by atoms with E-state index in [2.05, 4.69) is 4.98 Å². The number of nitrogens with zero attached hydrogens (tertiary/aromatic N) is 3. The number of ether oxygens (including phenoxy) is 1. The minimum atomic E-state index is -0.771. The lowest BCUT2D eigenvalue weighted by atomic mass is 10.1. The van der Waals surface area contributed by atoms with E-state index in [4.69, 9.17) is 10.5 Å². The lowest BCUT2D eigenvalue weighted by Gasteiger charge is -2.13. The highest BCUT2D eigenvalue weighted by Crippen LogP contribution is 2.24. The number of carbonyl (C=O) groups excluding carboxylic acids is 1. The number of amides is 1. The van der Waals surface area contributed by atoms with Gasteiger partial charge in [0.2, 0.25) is 5.91 Å². The minimum Gasteiger partial charge on any atom is -0.495 e. The number of hydrogen-bond donors (Lipinski definition) is 1. The van der Waals surface area contributed by atoms with Gasteiger partial charge in [0.05, 0.1) is 7.11 Å². The van der Waals surface area contributed by atoms with E-state index >= 15 is 0 Å².